The molecule has 2 fully saturated rings. The average molecular weight is 481 g/mol. The molecule has 3 N–H and O–H groups in total. The van der Waals surface area contributed by atoms with Crippen molar-refractivity contribution in [3.63, 3.8) is 0 Å². The van der Waals surface area contributed by atoms with E-state index in [0.29, 0.717) is 12.5 Å². The molecule has 1 amide bonds. The summed E-state index contributed by atoms with van der Waals surface area (Å²) in [7, 11) is 0. The van der Waals surface area contributed by atoms with E-state index in [1.54, 1.807) is 0 Å². The van der Waals surface area contributed by atoms with E-state index in [9.17, 15) is 4.79 Å². The number of hydrogen-bond acceptors (Lipinski definition) is 3. The zero-order chi connectivity index (χ0) is 22.6. The van der Waals surface area contributed by atoms with Gasteiger partial charge in [0.05, 0.1) is 6.42 Å². The Morgan fingerprint density at radius 3 is 2.44 bits per heavy atom. The van der Waals surface area contributed by atoms with Crippen molar-refractivity contribution in [2.75, 3.05) is 0 Å². The molecular weight excluding hydrogens is 444 g/mol. The van der Waals surface area contributed by atoms with Crippen molar-refractivity contribution >= 4 is 29.2 Å². The number of nitrogens with one attached hydrogen (secondary N) is 1. The number of hydrogen-bond donors (Lipinski definition) is 2. The molecule has 2 saturated carbocycles. The van der Waals surface area contributed by atoms with Gasteiger partial charge in [-0.1, -0.05) is 25.3 Å². The largest absolute Gasteiger partial charge is 0.353 e. The molecule has 3 aromatic rings. The Hall–Kier alpha value is -2.37. The second-order valence-corrected chi connectivity index (χ2v) is 10.1. The summed E-state index contributed by atoms with van der Waals surface area (Å²) in [5.74, 6) is 0.865. The van der Waals surface area contributed by atoms with Gasteiger partial charge < -0.3 is 15.6 Å². The highest BCUT2D eigenvalue weighted by molar-refractivity contribution is 5.92. The maximum absolute atomic E-state index is 13.0. The number of carbonyl (C=O) groups excluding carboxylic acids is 1. The summed E-state index contributed by atoms with van der Waals surface area (Å²) in [5, 5.41) is 4.47. The molecule has 0 saturated heterocycles. The Bertz CT molecular complexity index is 1080. The topological polar surface area (TPSA) is 72.9 Å². The smallest absolute Gasteiger partial charge is 0.224 e. The highest BCUT2D eigenvalue weighted by atomic mass is 35.5. The van der Waals surface area contributed by atoms with Crippen LogP contribution in [0.25, 0.3) is 22.0 Å². The second kappa shape index (κ2) is 11.4. The van der Waals surface area contributed by atoms with Crippen molar-refractivity contribution in [2.24, 2.45) is 11.7 Å². The second-order valence-electron chi connectivity index (χ2n) is 10.1. The van der Waals surface area contributed by atoms with E-state index < -0.39 is 0 Å². The van der Waals surface area contributed by atoms with Crippen molar-refractivity contribution in [1.82, 2.24) is 14.9 Å². The molecule has 5 rings (SSSR count). The molecule has 1 aromatic carbocycles. The van der Waals surface area contributed by atoms with Gasteiger partial charge in [0.2, 0.25) is 5.91 Å². The van der Waals surface area contributed by atoms with E-state index in [1.165, 1.54) is 48.6 Å². The highest BCUT2D eigenvalue weighted by Gasteiger charge is 2.22. The summed E-state index contributed by atoms with van der Waals surface area (Å²) in [6, 6.07) is 11.3. The molecule has 2 aliphatic rings. The van der Waals surface area contributed by atoms with Crippen LogP contribution in [0.3, 0.4) is 0 Å². The molecule has 2 aromatic heterocycles. The van der Waals surface area contributed by atoms with E-state index in [4.69, 9.17) is 5.73 Å². The van der Waals surface area contributed by atoms with Crippen LogP contribution in [0.4, 0.5) is 0 Å². The molecular formula is C28H37ClN4O. The third kappa shape index (κ3) is 5.81. The van der Waals surface area contributed by atoms with Gasteiger partial charge in [-0.2, -0.15) is 0 Å². The highest BCUT2D eigenvalue weighted by Crippen LogP contribution is 2.31. The van der Waals surface area contributed by atoms with Crippen LogP contribution in [-0.4, -0.2) is 27.5 Å². The molecule has 34 heavy (non-hydrogen) atoms. The summed E-state index contributed by atoms with van der Waals surface area (Å²) >= 11 is 0. The monoisotopic (exact) mass is 480 g/mol. The Labute approximate surface area is 208 Å². The lowest BCUT2D eigenvalue weighted by molar-refractivity contribution is -0.121. The molecule has 182 valence electrons. The quantitative estimate of drug-likeness (QED) is 0.480. The maximum atomic E-state index is 13.0. The molecule has 2 aliphatic carbocycles. The first-order valence-electron chi connectivity index (χ1n) is 12.7. The van der Waals surface area contributed by atoms with E-state index in [1.807, 2.05) is 24.5 Å². The van der Waals surface area contributed by atoms with Crippen molar-refractivity contribution in [1.29, 1.82) is 0 Å². The van der Waals surface area contributed by atoms with Crippen molar-refractivity contribution in [3.05, 3.63) is 54.5 Å². The van der Waals surface area contributed by atoms with E-state index in [-0.39, 0.29) is 24.4 Å². The minimum absolute atomic E-state index is 0. The fraction of sp³-hybridized carbons (Fsp3) is 0.500. The van der Waals surface area contributed by atoms with Gasteiger partial charge in [-0.15, -0.1) is 12.4 Å². The maximum Gasteiger partial charge on any atom is 0.224 e. The zero-order valence-electron chi connectivity index (χ0n) is 19.9. The van der Waals surface area contributed by atoms with Crippen molar-refractivity contribution in [3.8, 4) is 11.1 Å². The van der Waals surface area contributed by atoms with Crippen LogP contribution >= 0.6 is 12.4 Å². The standard InChI is InChI=1S/C28H36N4O.ClH/c29-24-7-9-25(10-8-24)31-28(33)17-23-19-32(18-20-4-2-1-3-5-20)27-11-6-22(16-26(23)27)21-12-14-30-15-13-21;/h6,11-16,19-20,24-25H,1-5,7-10,17-18,29H2,(H,31,33);1H. The number of aromatic nitrogens is 2. The first-order valence-corrected chi connectivity index (χ1v) is 12.7. The lowest BCUT2D eigenvalue weighted by Crippen LogP contribution is -2.41. The van der Waals surface area contributed by atoms with Crippen LogP contribution in [0.15, 0.2) is 48.9 Å². The van der Waals surface area contributed by atoms with Crippen LogP contribution in [0.2, 0.25) is 0 Å². The lowest BCUT2D eigenvalue weighted by Gasteiger charge is -2.26. The first kappa shape index (κ1) is 24.7. The third-order valence-electron chi connectivity index (χ3n) is 7.64. The van der Waals surface area contributed by atoms with E-state index in [2.05, 4.69) is 39.3 Å². The number of rotatable bonds is 6. The predicted octanol–water partition coefficient (Wildman–Crippen LogP) is 5.63. The predicted molar refractivity (Wildman–Crippen MR) is 141 cm³/mol. The number of benzene rings is 1. The number of fused-ring (bicyclic) bond motifs is 1. The van der Waals surface area contributed by atoms with Gasteiger partial charge in [-0.05, 0) is 85.4 Å². The lowest BCUT2D eigenvalue weighted by atomic mass is 9.89. The summed E-state index contributed by atoms with van der Waals surface area (Å²) in [5.41, 5.74) is 10.7. The summed E-state index contributed by atoms with van der Waals surface area (Å²) in [6.45, 7) is 1.05. The molecule has 0 spiro atoms. The van der Waals surface area contributed by atoms with Gasteiger partial charge in [0, 0.05) is 48.1 Å². The van der Waals surface area contributed by atoms with Crippen LogP contribution in [0.1, 0.15) is 63.4 Å². The van der Waals surface area contributed by atoms with Gasteiger partial charge in [0.1, 0.15) is 0 Å². The number of carbonyl (C=O) groups is 1. The Morgan fingerprint density at radius 1 is 0.971 bits per heavy atom. The molecule has 0 aliphatic heterocycles. The van der Waals surface area contributed by atoms with Crippen molar-refractivity contribution < 1.29 is 4.79 Å². The molecule has 5 nitrogen and oxygen atoms in total. The Kier molecular flexibility index (Phi) is 8.28. The number of amides is 1. The SMILES string of the molecule is Cl.NC1CCC(NC(=O)Cc2cn(CC3CCCCC3)c3ccc(-c4ccncc4)cc23)CC1. The fourth-order valence-corrected chi connectivity index (χ4v) is 5.75. The van der Waals surface area contributed by atoms with Crippen LogP contribution in [0, 0.1) is 5.92 Å². The Morgan fingerprint density at radius 2 is 1.71 bits per heavy atom. The minimum Gasteiger partial charge on any atom is -0.353 e. The fourth-order valence-electron chi connectivity index (χ4n) is 5.75. The zero-order valence-corrected chi connectivity index (χ0v) is 20.7. The average Bonchev–Trinajstić information content (AvgIpc) is 3.18. The normalized spacial score (nSPS) is 21.2. The van der Waals surface area contributed by atoms with Gasteiger partial charge in [-0.3, -0.25) is 9.78 Å². The summed E-state index contributed by atoms with van der Waals surface area (Å²) in [6.07, 6.45) is 17.0. The minimum atomic E-state index is 0. The van der Waals surface area contributed by atoms with E-state index >= 15 is 0 Å². The number of halogens is 1. The molecule has 0 radical (unpaired) electrons. The summed E-state index contributed by atoms with van der Waals surface area (Å²) < 4.78 is 2.41. The van der Waals surface area contributed by atoms with E-state index in [0.717, 1.165) is 49.3 Å². The molecule has 2 heterocycles. The Balaban J connectivity index is 0.00000274. The van der Waals surface area contributed by atoms with Gasteiger partial charge in [0.25, 0.3) is 0 Å². The van der Waals surface area contributed by atoms with Crippen LogP contribution in [-0.2, 0) is 17.8 Å². The molecule has 0 unspecified atom stereocenters. The molecule has 0 bridgehead atoms. The number of nitrogens with zero attached hydrogens (tertiary/aromatic N) is 2. The molecule has 0 atom stereocenters. The van der Waals surface area contributed by atoms with Gasteiger partial charge >= 0.3 is 0 Å². The summed E-state index contributed by atoms with van der Waals surface area (Å²) in [4.78, 5) is 17.2. The van der Waals surface area contributed by atoms with Crippen molar-refractivity contribution in [2.45, 2.75) is 82.8 Å². The third-order valence-corrected chi connectivity index (χ3v) is 7.64. The van der Waals surface area contributed by atoms with Gasteiger partial charge in [0.15, 0.2) is 0 Å². The first-order chi connectivity index (χ1) is 16.2. The van der Waals surface area contributed by atoms with Crippen LogP contribution < -0.4 is 11.1 Å². The number of pyridine rings is 1. The molecule has 6 heteroatoms. The van der Waals surface area contributed by atoms with Gasteiger partial charge in [-0.25, -0.2) is 0 Å². The number of nitrogens with two attached hydrogens (primary N) is 1. The van der Waals surface area contributed by atoms with Crippen LogP contribution in [0.5, 0.6) is 0 Å².